The van der Waals surface area contributed by atoms with E-state index < -0.39 is 0 Å². The van der Waals surface area contributed by atoms with Crippen LogP contribution in [0.1, 0.15) is 36.7 Å². The number of rotatable bonds is 7. The molecule has 3 heteroatoms. The third kappa shape index (κ3) is 4.14. The van der Waals surface area contributed by atoms with Gasteiger partial charge in [-0.25, -0.2) is 0 Å². The largest absolute Gasteiger partial charge is 0.492 e. The van der Waals surface area contributed by atoms with Gasteiger partial charge in [0.2, 0.25) is 0 Å². The van der Waals surface area contributed by atoms with Gasteiger partial charge in [-0.05, 0) is 42.2 Å². The minimum Gasteiger partial charge on any atom is -0.492 e. The first-order chi connectivity index (χ1) is 9.66. The number of benzene rings is 1. The first-order valence-electron chi connectivity index (χ1n) is 7.13. The molecule has 2 aromatic rings. The van der Waals surface area contributed by atoms with Crippen molar-refractivity contribution >= 4 is 0 Å². The van der Waals surface area contributed by atoms with Crippen LogP contribution in [-0.4, -0.2) is 13.2 Å². The summed E-state index contributed by atoms with van der Waals surface area (Å²) in [4.78, 5) is 0. The normalized spacial score (nSPS) is 11.0. The number of nitrogens with one attached hydrogen (secondary N) is 1. The number of ether oxygens (including phenoxy) is 1. The van der Waals surface area contributed by atoms with Crippen molar-refractivity contribution in [2.24, 2.45) is 0 Å². The van der Waals surface area contributed by atoms with E-state index in [1.54, 1.807) is 6.26 Å². The zero-order valence-electron chi connectivity index (χ0n) is 12.5. The van der Waals surface area contributed by atoms with E-state index in [0.29, 0.717) is 12.5 Å². The van der Waals surface area contributed by atoms with Gasteiger partial charge in [0.15, 0.2) is 0 Å². The lowest BCUT2D eigenvalue weighted by atomic mass is 10.0. The van der Waals surface area contributed by atoms with E-state index in [0.717, 1.165) is 24.6 Å². The van der Waals surface area contributed by atoms with Gasteiger partial charge in [0.05, 0.1) is 12.8 Å². The Morgan fingerprint density at radius 1 is 1.25 bits per heavy atom. The van der Waals surface area contributed by atoms with E-state index in [-0.39, 0.29) is 0 Å². The fourth-order valence-corrected chi connectivity index (χ4v) is 1.99. The van der Waals surface area contributed by atoms with E-state index in [9.17, 15) is 0 Å². The molecule has 0 fully saturated rings. The maximum Gasteiger partial charge on any atom is 0.122 e. The number of hydrogen-bond donors (Lipinski definition) is 1. The fourth-order valence-electron chi connectivity index (χ4n) is 1.99. The van der Waals surface area contributed by atoms with Crippen molar-refractivity contribution in [3.05, 3.63) is 53.5 Å². The van der Waals surface area contributed by atoms with Gasteiger partial charge >= 0.3 is 0 Å². The third-order valence-corrected chi connectivity index (χ3v) is 3.29. The van der Waals surface area contributed by atoms with Crippen molar-refractivity contribution in [3.63, 3.8) is 0 Å². The summed E-state index contributed by atoms with van der Waals surface area (Å²) in [6, 6.07) is 10.3. The fraction of sp³-hybridized carbons (Fsp3) is 0.412. The maximum absolute atomic E-state index is 5.85. The molecule has 2 rings (SSSR count). The summed E-state index contributed by atoms with van der Waals surface area (Å²) in [6.07, 6.45) is 1.69. The van der Waals surface area contributed by atoms with Crippen LogP contribution >= 0.6 is 0 Å². The Labute approximate surface area is 121 Å². The predicted octanol–water partition coefficient (Wildman–Crippen LogP) is 3.88. The van der Waals surface area contributed by atoms with Crippen molar-refractivity contribution in [2.45, 2.75) is 33.2 Å². The standard InChI is InChI=1S/C17H23NO2/c1-13(2)15-7-6-14(3)17(11-15)20-10-8-18-12-16-5-4-9-19-16/h4-7,9,11,13,18H,8,10,12H2,1-3H3. The highest BCUT2D eigenvalue weighted by Gasteiger charge is 2.04. The van der Waals surface area contributed by atoms with Crippen molar-refractivity contribution in [1.82, 2.24) is 5.32 Å². The monoisotopic (exact) mass is 273 g/mol. The molecule has 0 aliphatic heterocycles. The number of furan rings is 1. The summed E-state index contributed by atoms with van der Waals surface area (Å²) in [6.45, 7) is 8.66. The van der Waals surface area contributed by atoms with Crippen LogP contribution in [0.4, 0.5) is 0 Å². The summed E-state index contributed by atoms with van der Waals surface area (Å²) < 4.78 is 11.1. The molecule has 0 radical (unpaired) electrons. The van der Waals surface area contributed by atoms with Crippen LogP contribution in [0.2, 0.25) is 0 Å². The lowest BCUT2D eigenvalue weighted by molar-refractivity contribution is 0.308. The Hall–Kier alpha value is -1.74. The van der Waals surface area contributed by atoms with Crippen LogP contribution in [0.5, 0.6) is 5.75 Å². The molecule has 1 aromatic carbocycles. The second-order valence-corrected chi connectivity index (χ2v) is 5.28. The molecule has 0 bridgehead atoms. The summed E-state index contributed by atoms with van der Waals surface area (Å²) in [7, 11) is 0. The van der Waals surface area contributed by atoms with Crippen molar-refractivity contribution in [3.8, 4) is 5.75 Å². The van der Waals surface area contributed by atoms with Gasteiger partial charge in [0, 0.05) is 6.54 Å². The Kier molecular flexibility index (Phi) is 5.24. The molecular formula is C17H23NO2. The van der Waals surface area contributed by atoms with Crippen LogP contribution in [-0.2, 0) is 6.54 Å². The second kappa shape index (κ2) is 7.15. The Balaban J connectivity index is 1.77. The van der Waals surface area contributed by atoms with E-state index in [2.05, 4.69) is 44.3 Å². The Morgan fingerprint density at radius 2 is 2.10 bits per heavy atom. The van der Waals surface area contributed by atoms with E-state index in [1.807, 2.05) is 12.1 Å². The SMILES string of the molecule is Cc1ccc(C(C)C)cc1OCCNCc1ccco1. The first-order valence-corrected chi connectivity index (χ1v) is 7.13. The van der Waals surface area contributed by atoms with Crippen LogP contribution in [0.3, 0.4) is 0 Å². The summed E-state index contributed by atoms with van der Waals surface area (Å²) in [5, 5.41) is 3.30. The lowest BCUT2D eigenvalue weighted by Crippen LogP contribution is -2.20. The molecule has 0 atom stereocenters. The lowest BCUT2D eigenvalue weighted by Gasteiger charge is -2.13. The van der Waals surface area contributed by atoms with Crippen molar-refractivity contribution in [2.75, 3.05) is 13.2 Å². The van der Waals surface area contributed by atoms with Gasteiger partial charge in [0.25, 0.3) is 0 Å². The molecule has 0 saturated heterocycles. The molecule has 0 aliphatic carbocycles. The highest BCUT2D eigenvalue weighted by Crippen LogP contribution is 2.24. The summed E-state index contributed by atoms with van der Waals surface area (Å²) in [5.74, 6) is 2.45. The summed E-state index contributed by atoms with van der Waals surface area (Å²) >= 11 is 0. The van der Waals surface area contributed by atoms with Gasteiger partial charge < -0.3 is 14.5 Å². The molecule has 20 heavy (non-hydrogen) atoms. The first kappa shape index (κ1) is 14.7. The molecule has 1 aromatic heterocycles. The topological polar surface area (TPSA) is 34.4 Å². The summed E-state index contributed by atoms with van der Waals surface area (Å²) in [5.41, 5.74) is 2.49. The minimum atomic E-state index is 0.523. The maximum atomic E-state index is 5.85. The molecule has 3 nitrogen and oxygen atoms in total. The molecule has 1 heterocycles. The second-order valence-electron chi connectivity index (χ2n) is 5.28. The molecule has 0 unspecified atom stereocenters. The van der Waals surface area contributed by atoms with Gasteiger partial charge in [-0.3, -0.25) is 0 Å². The number of aryl methyl sites for hydroxylation is 1. The van der Waals surface area contributed by atoms with Crippen LogP contribution in [0, 0.1) is 6.92 Å². The van der Waals surface area contributed by atoms with E-state index in [1.165, 1.54) is 11.1 Å². The highest BCUT2D eigenvalue weighted by molar-refractivity contribution is 5.37. The zero-order chi connectivity index (χ0) is 14.4. The molecular weight excluding hydrogens is 250 g/mol. The van der Waals surface area contributed by atoms with Gasteiger partial charge in [-0.2, -0.15) is 0 Å². The van der Waals surface area contributed by atoms with Crippen LogP contribution in [0.25, 0.3) is 0 Å². The van der Waals surface area contributed by atoms with Crippen molar-refractivity contribution < 1.29 is 9.15 Å². The van der Waals surface area contributed by atoms with E-state index in [4.69, 9.17) is 9.15 Å². The molecule has 0 saturated carbocycles. The molecule has 0 aliphatic rings. The Morgan fingerprint density at radius 3 is 2.80 bits per heavy atom. The average molecular weight is 273 g/mol. The Bertz CT molecular complexity index is 518. The van der Waals surface area contributed by atoms with Gasteiger partial charge in [-0.15, -0.1) is 0 Å². The van der Waals surface area contributed by atoms with Crippen molar-refractivity contribution in [1.29, 1.82) is 0 Å². The molecule has 108 valence electrons. The van der Waals surface area contributed by atoms with Gasteiger partial charge in [-0.1, -0.05) is 26.0 Å². The molecule has 0 spiro atoms. The zero-order valence-corrected chi connectivity index (χ0v) is 12.5. The average Bonchev–Trinajstić information content (AvgIpc) is 2.93. The van der Waals surface area contributed by atoms with Crippen LogP contribution < -0.4 is 10.1 Å². The van der Waals surface area contributed by atoms with E-state index >= 15 is 0 Å². The quantitative estimate of drug-likeness (QED) is 0.777. The minimum absolute atomic E-state index is 0.523. The molecule has 1 N–H and O–H groups in total. The predicted molar refractivity (Wildman–Crippen MR) is 81.2 cm³/mol. The molecule has 0 amide bonds. The van der Waals surface area contributed by atoms with Gasteiger partial charge in [0.1, 0.15) is 18.1 Å². The van der Waals surface area contributed by atoms with Crippen LogP contribution in [0.15, 0.2) is 41.0 Å². The number of hydrogen-bond acceptors (Lipinski definition) is 3. The highest BCUT2D eigenvalue weighted by atomic mass is 16.5. The third-order valence-electron chi connectivity index (χ3n) is 3.29. The smallest absolute Gasteiger partial charge is 0.122 e.